The van der Waals surface area contributed by atoms with Gasteiger partial charge in [-0.3, -0.25) is 4.79 Å². The summed E-state index contributed by atoms with van der Waals surface area (Å²) in [5, 5.41) is 3.99. The van der Waals surface area contributed by atoms with Gasteiger partial charge >= 0.3 is 0 Å². The Kier molecular flexibility index (Phi) is 5.72. The molecule has 0 unspecified atom stereocenters. The Morgan fingerprint density at radius 2 is 1.74 bits per heavy atom. The number of sulfonamides is 1. The molecule has 1 heterocycles. The second-order valence-electron chi connectivity index (χ2n) is 6.69. The lowest BCUT2D eigenvalue weighted by atomic mass is 10.1. The number of carbonyl (C=O) groups excluding carboxylic acids is 1. The molecule has 3 rings (SSSR count). The number of nitrogens with zero attached hydrogens (tertiary/aromatic N) is 2. The number of amides is 1. The van der Waals surface area contributed by atoms with Gasteiger partial charge in [0.1, 0.15) is 0 Å². The first-order chi connectivity index (χ1) is 12.9. The van der Waals surface area contributed by atoms with Crippen molar-refractivity contribution in [1.29, 1.82) is 0 Å². The molecule has 0 spiro atoms. The van der Waals surface area contributed by atoms with Gasteiger partial charge < -0.3 is 0 Å². The molecule has 27 heavy (non-hydrogen) atoms. The highest BCUT2D eigenvalue weighted by Crippen LogP contribution is 2.21. The van der Waals surface area contributed by atoms with Crippen molar-refractivity contribution >= 4 is 22.1 Å². The minimum absolute atomic E-state index is 0.208. The molecule has 0 aliphatic carbocycles. The molecule has 1 aliphatic heterocycles. The van der Waals surface area contributed by atoms with Crippen LogP contribution in [0.2, 0.25) is 0 Å². The summed E-state index contributed by atoms with van der Waals surface area (Å²) in [7, 11) is -3.47. The van der Waals surface area contributed by atoms with E-state index in [-0.39, 0.29) is 10.8 Å². The van der Waals surface area contributed by atoms with Gasteiger partial charge in [-0.15, -0.1) is 0 Å². The smallest absolute Gasteiger partial charge is 0.267 e. The van der Waals surface area contributed by atoms with E-state index in [1.165, 1.54) is 28.6 Å². The molecule has 2 aromatic carbocycles. The van der Waals surface area contributed by atoms with E-state index in [1.807, 2.05) is 32.0 Å². The van der Waals surface area contributed by atoms with Crippen molar-refractivity contribution in [3.8, 4) is 0 Å². The van der Waals surface area contributed by atoms with Crippen LogP contribution in [0.5, 0.6) is 0 Å². The number of hydrazone groups is 1. The summed E-state index contributed by atoms with van der Waals surface area (Å²) < 4.78 is 26.5. The van der Waals surface area contributed by atoms with Gasteiger partial charge in [-0.2, -0.15) is 9.41 Å². The highest BCUT2D eigenvalue weighted by molar-refractivity contribution is 7.89. The second-order valence-corrected chi connectivity index (χ2v) is 8.63. The fourth-order valence-corrected chi connectivity index (χ4v) is 4.57. The summed E-state index contributed by atoms with van der Waals surface area (Å²) in [4.78, 5) is 12.4. The van der Waals surface area contributed by atoms with Crippen LogP contribution in [0.4, 0.5) is 0 Å². The Labute approximate surface area is 159 Å². The maximum Gasteiger partial charge on any atom is 0.271 e. The minimum atomic E-state index is -3.47. The van der Waals surface area contributed by atoms with Crippen LogP contribution < -0.4 is 5.43 Å². The summed E-state index contributed by atoms with van der Waals surface area (Å²) in [5.41, 5.74) is 5.99. The van der Waals surface area contributed by atoms with Crippen molar-refractivity contribution in [2.45, 2.75) is 31.6 Å². The van der Waals surface area contributed by atoms with Gasteiger partial charge in [0.25, 0.3) is 5.91 Å². The van der Waals surface area contributed by atoms with E-state index >= 15 is 0 Å². The Morgan fingerprint density at radius 1 is 1.07 bits per heavy atom. The number of benzene rings is 2. The first-order valence-electron chi connectivity index (χ1n) is 8.89. The average molecular weight is 385 g/mol. The molecular formula is C20H23N3O3S. The van der Waals surface area contributed by atoms with Crippen LogP contribution in [-0.2, 0) is 10.0 Å². The molecule has 7 heteroatoms. The van der Waals surface area contributed by atoms with Crippen molar-refractivity contribution in [2.24, 2.45) is 5.10 Å². The average Bonchev–Trinajstić information content (AvgIpc) is 3.19. The Morgan fingerprint density at radius 3 is 2.37 bits per heavy atom. The molecule has 1 fully saturated rings. The van der Waals surface area contributed by atoms with Gasteiger partial charge in [0.05, 0.1) is 11.1 Å². The van der Waals surface area contributed by atoms with Gasteiger partial charge in [0, 0.05) is 18.7 Å². The molecule has 2 aromatic rings. The number of rotatable bonds is 5. The summed E-state index contributed by atoms with van der Waals surface area (Å²) in [6.07, 6.45) is 3.37. The minimum Gasteiger partial charge on any atom is -0.267 e. The van der Waals surface area contributed by atoms with Gasteiger partial charge in [-0.25, -0.2) is 13.8 Å². The normalized spacial score (nSPS) is 15.3. The molecule has 1 N–H and O–H groups in total. The van der Waals surface area contributed by atoms with Crippen LogP contribution >= 0.6 is 0 Å². The van der Waals surface area contributed by atoms with Gasteiger partial charge in [-0.05, 0) is 62.1 Å². The first-order valence-corrected chi connectivity index (χ1v) is 10.3. The first kappa shape index (κ1) is 19.3. The Bertz CT molecular complexity index is 960. The maximum atomic E-state index is 12.5. The molecule has 142 valence electrons. The molecule has 0 bridgehead atoms. The van der Waals surface area contributed by atoms with Crippen molar-refractivity contribution in [2.75, 3.05) is 13.1 Å². The predicted octanol–water partition coefficient (Wildman–Crippen LogP) is 2.85. The van der Waals surface area contributed by atoms with Crippen molar-refractivity contribution in [3.05, 3.63) is 64.7 Å². The zero-order valence-electron chi connectivity index (χ0n) is 15.5. The van der Waals surface area contributed by atoms with E-state index in [1.54, 1.807) is 6.21 Å². The van der Waals surface area contributed by atoms with Crippen molar-refractivity contribution < 1.29 is 13.2 Å². The summed E-state index contributed by atoms with van der Waals surface area (Å²) in [5.74, 6) is -0.388. The quantitative estimate of drug-likeness (QED) is 0.635. The summed E-state index contributed by atoms with van der Waals surface area (Å²) in [6, 6.07) is 11.9. The van der Waals surface area contributed by atoms with Crippen LogP contribution in [0.15, 0.2) is 52.5 Å². The van der Waals surface area contributed by atoms with E-state index in [0.717, 1.165) is 29.5 Å². The monoisotopic (exact) mass is 385 g/mol. The fraction of sp³-hybridized carbons (Fsp3) is 0.300. The van der Waals surface area contributed by atoms with Crippen LogP contribution in [0.1, 0.15) is 39.9 Å². The standard InChI is InChI=1S/C20H23N3O3S/c1-15-5-6-18(16(2)13-15)14-21-22-20(24)17-7-9-19(10-8-17)27(25,26)23-11-3-4-12-23/h5-10,13-14H,3-4,11-12H2,1-2H3,(H,22,24)/b21-14-. The molecule has 6 nitrogen and oxygen atoms in total. The van der Waals surface area contributed by atoms with Gasteiger partial charge in [0.15, 0.2) is 0 Å². The molecule has 0 saturated carbocycles. The number of hydrogen-bond donors (Lipinski definition) is 1. The third-order valence-electron chi connectivity index (χ3n) is 4.61. The van der Waals surface area contributed by atoms with Gasteiger partial charge in [0.2, 0.25) is 10.0 Å². The largest absolute Gasteiger partial charge is 0.271 e. The SMILES string of the molecule is Cc1ccc(/C=N\NC(=O)c2ccc(S(=O)(=O)N3CCCC3)cc2)c(C)c1. The molecular weight excluding hydrogens is 362 g/mol. The molecule has 0 radical (unpaired) electrons. The lowest BCUT2D eigenvalue weighted by Gasteiger charge is -2.15. The highest BCUT2D eigenvalue weighted by atomic mass is 32.2. The number of nitrogens with one attached hydrogen (secondary N) is 1. The third-order valence-corrected chi connectivity index (χ3v) is 6.53. The van der Waals surface area contributed by atoms with E-state index in [0.29, 0.717) is 18.7 Å². The highest BCUT2D eigenvalue weighted by Gasteiger charge is 2.27. The lowest BCUT2D eigenvalue weighted by molar-refractivity contribution is 0.0955. The number of aryl methyl sites for hydroxylation is 2. The Balaban J connectivity index is 1.66. The van der Waals surface area contributed by atoms with Gasteiger partial charge in [-0.1, -0.05) is 23.8 Å². The number of hydrogen-bond acceptors (Lipinski definition) is 4. The fourth-order valence-electron chi connectivity index (χ4n) is 3.05. The van der Waals surface area contributed by atoms with E-state index in [2.05, 4.69) is 10.5 Å². The van der Waals surface area contributed by atoms with Crippen LogP contribution in [-0.4, -0.2) is 37.9 Å². The summed E-state index contributed by atoms with van der Waals surface area (Å²) in [6.45, 7) is 5.11. The third kappa shape index (κ3) is 4.43. The lowest BCUT2D eigenvalue weighted by Crippen LogP contribution is -2.28. The van der Waals surface area contributed by atoms with Crippen LogP contribution in [0, 0.1) is 13.8 Å². The zero-order valence-corrected chi connectivity index (χ0v) is 16.3. The van der Waals surface area contributed by atoms with E-state index < -0.39 is 10.0 Å². The topological polar surface area (TPSA) is 78.8 Å². The predicted molar refractivity (Wildman–Crippen MR) is 105 cm³/mol. The van der Waals surface area contributed by atoms with Crippen LogP contribution in [0.25, 0.3) is 0 Å². The van der Waals surface area contributed by atoms with E-state index in [4.69, 9.17) is 0 Å². The Hall–Kier alpha value is -2.51. The molecule has 0 atom stereocenters. The van der Waals surface area contributed by atoms with Crippen molar-refractivity contribution in [1.82, 2.24) is 9.73 Å². The summed E-state index contributed by atoms with van der Waals surface area (Å²) >= 11 is 0. The second kappa shape index (κ2) is 8.02. The molecule has 1 saturated heterocycles. The molecule has 0 aromatic heterocycles. The number of carbonyl (C=O) groups is 1. The van der Waals surface area contributed by atoms with Crippen molar-refractivity contribution in [3.63, 3.8) is 0 Å². The molecule has 1 amide bonds. The maximum absolute atomic E-state index is 12.5. The zero-order chi connectivity index (χ0) is 19.4. The van der Waals surface area contributed by atoms with Crippen LogP contribution in [0.3, 0.4) is 0 Å². The van der Waals surface area contributed by atoms with E-state index in [9.17, 15) is 13.2 Å². The molecule has 1 aliphatic rings.